The molecule has 2 aliphatic rings. The van der Waals surface area contributed by atoms with Crippen LogP contribution in [0.3, 0.4) is 0 Å². The highest BCUT2D eigenvalue weighted by Crippen LogP contribution is 2.65. The zero-order valence-corrected chi connectivity index (χ0v) is 20.4. The molecule has 0 radical (unpaired) electrons. The number of hydrogen-bond acceptors (Lipinski definition) is 2. The molecule has 10 heteroatoms. The molecule has 0 aromatic heterocycles. The summed E-state index contributed by atoms with van der Waals surface area (Å²) in [5.74, 6) is -1.93. The van der Waals surface area contributed by atoms with Gasteiger partial charge < -0.3 is 10.6 Å². The first-order valence-corrected chi connectivity index (χ1v) is 11.8. The van der Waals surface area contributed by atoms with Crippen LogP contribution in [0.4, 0.5) is 5.69 Å². The fraction of sp³-hybridized carbons (Fsp3) is 0.333. The molecule has 4 nitrogen and oxygen atoms in total. The number of carbonyl (C=O) groups excluding carboxylic acids is 2. The average Bonchev–Trinajstić information content (AvgIpc) is 3.26. The predicted octanol–water partition coefficient (Wildman–Crippen LogP) is 7.11. The molecule has 0 bridgehead atoms. The SMILES string of the molecule is O=C(NC1CCC1)c1cc(NC(=O)C2C(c3cc(Cl)c(Cl)c(Cl)c3)C2(Cl)Cl)ccc1Cl. The summed E-state index contributed by atoms with van der Waals surface area (Å²) in [6.45, 7) is 0. The fourth-order valence-corrected chi connectivity index (χ4v) is 5.28. The van der Waals surface area contributed by atoms with E-state index in [9.17, 15) is 9.59 Å². The Morgan fingerprint density at radius 2 is 1.58 bits per heavy atom. The molecule has 2 fully saturated rings. The number of anilines is 1. The molecule has 0 heterocycles. The first-order chi connectivity index (χ1) is 14.6. The maximum Gasteiger partial charge on any atom is 0.253 e. The Bertz CT molecular complexity index is 1050. The van der Waals surface area contributed by atoms with Crippen molar-refractivity contribution < 1.29 is 9.59 Å². The molecule has 31 heavy (non-hydrogen) atoms. The summed E-state index contributed by atoms with van der Waals surface area (Å²) < 4.78 is -1.33. The van der Waals surface area contributed by atoms with E-state index in [0.29, 0.717) is 16.3 Å². The standard InChI is InChI=1S/C21H16Cl6N2O2/c22-13-5-4-11(8-12(13)19(30)28-10-2-1-3-10)29-20(31)17-16(21(17,26)27)9-6-14(23)18(25)15(24)7-9/h4-8,10,16-17H,1-3H2,(H,28,30)(H,29,31). The van der Waals surface area contributed by atoms with Crippen LogP contribution in [-0.2, 0) is 4.79 Å². The minimum Gasteiger partial charge on any atom is -0.349 e. The van der Waals surface area contributed by atoms with Gasteiger partial charge in [0.25, 0.3) is 5.91 Å². The largest absolute Gasteiger partial charge is 0.349 e. The lowest BCUT2D eigenvalue weighted by Crippen LogP contribution is -2.39. The number of hydrogen-bond donors (Lipinski definition) is 2. The molecule has 0 saturated heterocycles. The van der Waals surface area contributed by atoms with Gasteiger partial charge in [-0.1, -0.05) is 46.4 Å². The van der Waals surface area contributed by atoms with Gasteiger partial charge in [-0.2, -0.15) is 0 Å². The van der Waals surface area contributed by atoms with Crippen molar-refractivity contribution in [3.63, 3.8) is 0 Å². The van der Waals surface area contributed by atoms with E-state index in [1.807, 2.05) is 0 Å². The van der Waals surface area contributed by atoms with Crippen molar-refractivity contribution in [1.82, 2.24) is 5.32 Å². The third-order valence-corrected chi connectivity index (χ3v) is 8.09. The molecular formula is C21H16Cl6N2O2. The Kier molecular flexibility index (Phi) is 6.62. The summed E-state index contributed by atoms with van der Waals surface area (Å²) >= 11 is 37.2. The second-order valence-electron chi connectivity index (χ2n) is 7.71. The van der Waals surface area contributed by atoms with E-state index in [4.69, 9.17) is 69.6 Å². The van der Waals surface area contributed by atoms with Crippen molar-refractivity contribution in [3.8, 4) is 0 Å². The number of carbonyl (C=O) groups is 2. The zero-order valence-electron chi connectivity index (χ0n) is 15.8. The number of amides is 2. The smallest absolute Gasteiger partial charge is 0.253 e. The highest BCUT2D eigenvalue weighted by Gasteiger charge is 2.67. The van der Waals surface area contributed by atoms with E-state index in [0.717, 1.165) is 19.3 Å². The lowest BCUT2D eigenvalue weighted by Gasteiger charge is -2.26. The maximum atomic E-state index is 12.9. The highest BCUT2D eigenvalue weighted by atomic mass is 35.5. The van der Waals surface area contributed by atoms with Crippen LogP contribution in [0, 0.1) is 5.92 Å². The van der Waals surface area contributed by atoms with Crippen LogP contribution in [0.25, 0.3) is 0 Å². The molecule has 2 unspecified atom stereocenters. The van der Waals surface area contributed by atoms with Crippen LogP contribution in [0.5, 0.6) is 0 Å². The lowest BCUT2D eigenvalue weighted by atomic mass is 9.93. The third kappa shape index (κ3) is 4.62. The number of nitrogens with one attached hydrogen (secondary N) is 2. The van der Waals surface area contributed by atoms with Crippen molar-refractivity contribution in [3.05, 3.63) is 61.5 Å². The number of alkyl halides is 2. The molecule has 2 amide bonds. The van der Waals surface area contributed by atoms with Crippen molar-refractivity contribution in [2.75, 3.05) is 5.32 Å². The summed E-state index contributed by atoms with van der Waals surface area (Å²) in [5, 5.41) is 6.71. The van der Waals surface area contributed by atoms with E-state index in [1.165, 1.54) is 6.07 Å². The monoisotopic (exact) mass is 538 g/mol. The van der Waals surface area contributed by atoms with Crippen LogP contribution in [0.1, 0.15) is 41.1 Å². The highest BCUT2D eigenvalue weighted by molar-refractivity contribution is 6.54. The molecule has 2 N–H and O–H groups in total. The summed E-state index contributed by atoms with van der Waals surface area (Å²) in [6.07, 6.45) is 3.00. The van der Waals surface area contributed by atoms with E-state index < -0.39 is 22.1 Å². The van der Waals surface area contributed by atoms with Gasteiger partial charge >= 0.3 is 0 Å². The Morgan fingerprint density at radius 1 is 0.935 bits per heavy atom. The fourth-order valence-electron chi connectivity index (χ4n) is 3.64. The molecule has 2 atom stereocenters. The first kappa shape index (κ1) is 23.3. The van der Waals surface area contributed by atoms with Crippen LogP contribution in [-0.4, -0.2) is 22.2 Å². The van der Waals surface area contributed by atoms with Crippen molar-refractivity contribution >= 4 is 87.1 Å². The van der Waals surface area contributed by atoms with Crippen molar-refractivity contribution in [1.29, 1.82) is 0 Å². The Hall–Kier alpha value is -0.880. The van der Waals surface area contributed by atoms with E-state index in [1.54, 1.807) is 24.3 Å². The summed E-state index contributed by atoms with van der Waals surface area (Å²) in [4.78, 5) is 25.4. The van der Waals surface area contributed by atoms with Crippen LogP contribution in [0.2, 0.25) is 20.1 Å². The minimum atomic E-state index is -1.33. The van der Waals surface area contributed by atoms with Gasteiger partial charge in [-0.25, -0.2) is 0 Å². The lowest BCUT2D eigenvalue weighted by molar-refractivity contribution is -0.117. The maximum absolute atomic E-state index is 12.9. The van der Waals surface area contributed by atoms with Crippen LogP contribution >= 0.6 is 69.6 Å². The van der Waals surface area contributed by atoms with Gasteiger partial charge in [0.2, 0.25) is 5.91 Å². The molecule has 164 valence electrons. The number of benzene rings is 2. The Morgan fingerprint density at radius 3 is 2.16 bits per heavy atom. The van der Waals surface area contributed by atoms with Crippen molar-refractivity contribution in [2.24, 2.45) is 5.92 Å². The number of halogens is 6. The van der Waals surface area contributed by atoms with Crippen LogP contribution < -0.4 is 10.6 Å². The van der Waals surface area contributed by atoms with Crippen LogP contribution in [0.15, 0.2) is 30.3 Å². The predicted molar refractivity (Wildman–Crippen MR) is 127 cm³/mol. The quantitative estimate of drug-likeness (QED) is 0.313. The second-order valence-corrected chi connectivity index (χ2v) is 10.8. The van der Waals surface area contributed by atoms with Gasteiger partial charge in [0, 0.05) is 17.6 Å². The van der Waals surface area contributed by atoms with E-state index in [2.05, 4.69) is 10.6 Å². The normalized spacial score (nSPS) is 21.9. The molecule has 0 spiro atoms. The Labute approximate surface area is 209 Å². The van der Waals surface area contributed by atoms with Gasteiger partial charge in [-0.3, -0.25) is 9.59 Å². The minimum absolute atomic E-state index is 0.167. The molecule has 2 aliphatic carbocycles. The first-order valence-electron chi connectivity index (χ1n) is 9.53. The zero-order chi connectivity index (χ0) is 22.5. The molecule has 4 rings (SSSR count). The average molecular weight is 541 g/mol. The van der Waals surface area contributed by atoms with Gasteiger partial charge in [0.15, 0.2) is 0 Å². The second kappa shape index (κ2) is 8.81. The van der Waals surface area contributed by atoms with Gasteiger partial charge in [0.1, 0.15) is 4.33 Å². The third-order valence-electron chi connectivity index (χ3n) is 5.62. The topological polar surface area (TPSA) is 58.2 Å². The molecular weight excluding hydrogens is 525 g/mol. The summed E-state index contributed by atoms with van der Waals surface area (Å²) in [6, 6.07) is 8.06. The Balaban J connectivity index is 1.50. The number of rotatable bonds is 5. The molecule has 2 aromatic rings. The van der Waals surface area contributed by atoms with Crippen molar-refractivity contribution in [2.45, 2.75) is 35.6 Å². The van der Waals surface area contributed by atoms with Gasteiger partial charge in [0.05, 0.1) is 31.6 Å². The summed E-state index contributed by atoms with van der Waals surface area (Å²) in [7, 11) is 0. The molecule has 0 aliphatic heterocycles. The van der Waals surface area contributed by atoms with Gasteiger partial charge in [-0.05, 0) is 55.2 Å². The summed E-state index contributed by atoms with van der Waals surface area (Å²) in [5.41, 5.74) is 1.31. The molecule has 2 saturated carbocycles. The molecule has 2 aromatic carbocycles. The van der Waals surface area contributed by atoms with E-state index >= 15 is 0 Å². The van der Waals surface area contributed by atoms with E-state index in [-0.39, 0.29) is 32.6 Å². The van der Waals surface area contributed by atoms with Gasteiger partial charge in [-0.15, -0.1) is 23.2 Å².